The zero-order chi connectivity index (χ0) is 16.4. The lowest BCUT2D eigenvalue weighted by Gasteiger charge is -2.28. The number of aliphatic hydroxyl groups is 1. The highest BCUT2D eigenvalue weighted by Gasteiger charge is 2.37. The lowest BCUT2D eigenvalue weighted by molar-refractivity contribution is -0.134. The molecule has 0 aromatic heterocycles. The monoisotopic (exact) mass is 320 g/mol. The summed E-state index contributed by atoms with van der Waals surface area (Å²) in [4.78, 5) is 16.4. The number of hydrogen-bond acceptors (Lipinski definition) is 3. The van der Waals surface area contributed by atoms with Crippen molar-refractivity contribution in [1.29, 1.82) is 0 Å². The van der Waals surface area contributed by atoms with E-state index < -0.39 is 6.17 Å². The molecule has 4 nitrogen and oxygen atoms in total. The Morgan fingerprint density at radius 2 is 2.04 bits per heavy atom. The number of halogens is 1. The van der Waals surface area contributed by atoms with Crippen LogP contribution in [0.4, 0.5) is 4.39 Å². The Balaban J connectivity index is 1.64. The smallest absolute Gasteiger partial charge is 0.237 e. The van der Waals surface area contributed by atoms with E-state index in [1.54, 1.807) is 4.90 Å². The van der Waals surface area contributed by atoms with Crippen molar-refractivity contribution in [3.63, 3.8) is 0 Å². The number of rotatable bonds is 6. The normalized spacial score (nSPS) is 24.8. The SMILES string of the molecule is Cc1ccc(CN(C(=O)CN2C[C@@H](F)C[C@H]2CO)C2CC2)cc1. The second-order valence-electron chi connectivity index (χ2n) is 6.84. The molecule has 0 bridgehead atoms. The van der Waals surface area contributed by atoms with Crippen molar-refractivity contribution in [2.24, 2.45) is 0 Å². The maximum atomic E-state index is 13.5. The molecule has 1 aromatic carbocycles. The molecule has 2 atom stereocenters. The number of aryl methyl sites for hydroxylation is 1. The third-order valence-electron chi connectivity index (χ3n) is 4.81. The Morgan fingerprint density at radius 3 is 2.65 bits per heavy atom. The lowest BCUT2D eigenvalue weighted by Crippen LogP contribution is -2.44. The fourth-order valence-electron chi connectivity index (χ4n) is 3.27. The molecule has 1 saturated carbocycles. The van der Waals surface area contributed by atoms with Crippen LogP contribution in [0.25, 0.3) is 0 Å². The summed E-state index contributed by atoms with van der Waals surface area (Å²) in [6, 6.07) is 8.32. The van der Waals surface area contributed by atoms with Gasteiger partial charge in [0.25, 0.3) is 0 Å². The van der Waals surface area contributed by atoms with Gasteiger partial charge in [0.2, 0.25) is 5.91 Å². The van der Waals surface area contributed by atoms with Gasteiger partial charge in [-0.05, 0) is 31.7 Å². The van der Waals surface area contributed by atoms with E-state index in [1.165, 1.54) is 5.56 Å². The van der Waals surface area contributed by atoms with E-state index in [9.17, 15) is 14.3 Å². The number of aliphatic hydroxyl groups excluding tert-OH is 1. The van der Waals surface area contributed by atoms with E-state index in [4.69, 9.17) is 0 Å². The van der Waals surface area contributed by atoms with Gasteiger partial charge in [-0.3, -0.25) is 9.69 Å². The lowest BCUT2D eigenvalue weighted by atomic mass is 10.1. The van der Waals surface area contributed by atoms with Gasteiger partial charge in [-0.1, -0.05) is 29.8 Å². The van der Waals surface area contributed by atoms with E-state index in [-0.39, 0.29) is 31.6 Å². The van der Waals surface area contributed by atoms with E-state index in [0.29, 0.717) is 19.0 Å². The number of hydrogen-bond donors (Lipinski definition) is 1. The Hall–Kier alpha value is -1.46. The van der Waals surface area contributed by atoms with Crippen LogP contribution in [0, 0.1) is 6.92 Å². The fourth-order valence-corrected chi connectivity index (χ4v) is 3.27. The molecule has 3 rings (SSSR count). The van der Waals surface area contributed by atoms with Crippen LogP contribution in [0.5, 0.6) is 0 Å². The van der Waals surface area contributed by atoms with Crippen LogP contribution in [0.15, 0.2) is 24.3 Å². The second kappa shape index (κ2) is 6.97. The molecule has 23 heavy (non-hydrogen) atoms. The molecule has 2 aliphatic rings. The average molecular weight is 320 g/mol. The van der Waals surface area contributed by atoms with Crippen molar-refractivity contribution in [3.8, 4) is 0 Å². The predicted molar refractivity (Wildman–Crippen MR) is 86.7 cm³/mol. The molecule has 0 unspecified atom stereocenters. The molecule has 1 aromatic rings. The zero-order valence-electron chi connectivity index (χ0n) is 13.6. The van der Waals surface area contributed by atoms with Gasteiger partial charge in [0, 0.05) is 25.2 Å². The van der Waals surface area contributed by atoms with Crippen molar-refractivity contribution in [2.45, 2.75) is 51.0 Å². The van der Waals surface area contributed by atoms with Crippen LogP contribution in [0.3, 0.4) is 0 Å². The van der Waals surface area contributed by atoms with E-state index in [2.05, 4.69) is 24.3 Å². The highest BCUT2D eigenvalue weighted by atomic mass is 19.1. The van der Waals surface area contributed by atoms with E-state index >= 15 is 0 Å². The van der Waals surface area contributed by atoms with Crippen molar-refractivity contribution >= 4 is 5.91 Å². The first kappa shape index (κ1) is 16.4. The first-order valence-corrected chi connectivity index (χ1v) is 8.41. The number of carbonyl (C=O) groups is 1. The van der Waals surface area contributed by atoms with Crippen LogP contribution in [-0.4, -0.2) is 58.8 Å². The summed E-state index contributed by atoms with van der Waals surface area (Å²) in [5.41, 5.74) is 2.33. The van der Waals surface area contributed by atoms with Gasteiger partial charge in [-0.2, -0.15) is 0 Å². The second-order valence-corrected chi connectivity index (χ2v) is 6.84. The number of amides is 1. The van der Waals surface area contributed by atoms with Crippen LogP contribution >= 0.6 is 0 Å². The summed E-state index contributed by atoms with van der Waals surface area (Å²) in [7, 11) is 0. The van der Waals surface area contributed by atoms with Crippen molar-refractivity contribution in [2.75, 3.05) is 19.7 Å². The van der Waals surface area contributed by atoms with Gasteiger partial charge in [-0.25, -0.2) is 4.39 Å². The van der Waals surface area contributed by atoms with E-state index in [1.807, 2.05) is 11.8 Å². The van der Waals surface area contributed by atoms with Gasteiger partial charge in [-0.15, -0.1) is 0 Å². The molecule has 1 N–H and O–H groups in total. The summed E-state index contributed by atoms with van der Waals surface area (Å²) < 4.78 is 13.5. The first-order chi connectivity index (χ1) is 11.1. The molecule has 0 radical (unpaired) electrons. The van der Waals surface area contributed by atoms with Crippen molar-refractivity contribution in [1.82, 2.24) is 9.80 Å². The number of carbonyl (C=O) groups excluding carboxylic acids is 1. The minimum absolute atomic E-state index is 0.0422. The number of nitrogens with zero attached hydrogens (tertiary/aromatic N) is 2. The fraction of sp³-hybridized carbons (Fsp3) is 0.611. The van der Waals surface area contributed by atoms with Gasteiger partial charge in [0.1, 0.15) is 6.17 Å². The third kappa shape index (κ3) is 4.09. The molecule has 1 saturated heterocycles. The molecule has 2 fully saturated rings. The van der Waals surface area contributed by atoms with Gasteiger partial charge >= 0.3 is 0 Å². The van der Waals surface area contributed by atoms with Crippen LogP contribution in [0.1, 0.15) is 30.4 Å². The Bertz CT molecular complexity index is 544. The van der Waals surface area contributed by atoms with Gasteiger partial charge < -0.3 is 10.0 Å². The van der Waals surface area contributed by atoms with Crippen LogP contribution in [0.2, 0.25) is 0 Å². The standard InChI is InChI=1S/C18H25FN2O2/c1-13-2-4-14(5-3-13)9-21(16-6-7-16)18(23)11-20-10-15(19)8-17(20)12-22/h2-5,15-17,22H,6-12H2,1H3/t15-,17-/m0/s1. The third-order valence-corrected chi connectivity index (χ3v) is 4.81. The molecular formula is C18H25FN2O2. The minimum atomic E-state index is -0.938. The van der Waals surface area contributed by atoms with Crippen LogP contribution < -0.4 is 0 Å². The zero-order valence-corrected chi connectivity index (χ0v) is 13.6. The predicted octanol–water partition coefficient (Wildman–Crippen LogP) is 1.89. The van der Waals surface area contributed by atoms with Gasteiger partial charge in [0.15, 0.2) is 0 Å². The van der Waals surface area contributed by atoms with Crippen molar-refractivity contribution < 1.29 is 14.3 Å². The van der Waals surface area contributed by atoms with E-state index in [0.717, 1.165) is 18.4 Å². The maximum Gasteiger partial charge on any atom is 0.237 e. The average Bonchev–Trinajstić information content (AvgIpc) is 3.30. The Kier molecular flexibility index (Phi) is 4.97. The number of benzene rings is 1. The summed E-state index contributed by atoms with van der Waals surface area (Å²) >= 11 is 0. The maximum absolute atomic E-state index is 13.5. The summed E-state index contributed by atoms with van der Waals surface area (Å²) in [6.45, 7) is 3.02. The molecule has 1 amide bonds. The largest absolute Gasteiger partial charge is 0.395 e. The highest BCUT2D eigenvalue weighted by molar-refractivity contribution is 5.79. The number of likely N-dealkylation sites (tertiary alicyclic amines) is 1. The summed E-state index contributed by atoms with van der Waals surface area (Å²) in [5.74, 6) is 0.0422. The topological polar surface area (TPSA) is 43.8 Å². The molecular weight excluding hydrogens is 295 g/mol. The Morgan fingerprint density at radius 1 is 1.35 bits per heavy atom. The van der Waals surface area contributed by atoms with Crippen molar-refractivity contribution in [3.05, 3.63) is 35.4 Å². The molecule has 1 heterocycles. The number of alkyl halides is 1. The summed E-state index contributed by atoms with van der Waals surface area (Å²) in [6.07, 6.45) is 1.48. The van der Waals surface area contributed by atoms with Gasteiger partial charge in [0.05, 0.1) is 13.2 Å². The quantitative estimate of drug-likeness (QED) is 0.870. The molecule has 5 heteroatoms. The Labute approximate surface area is 136 Å². The highest BCUT2D eigenvalue weighted by Crippen LogP contribution is 2.29. The molecule has 1 aliphatic carbocycles. The summed E-state index contributed by atoms with van der Waals surface area (Å²) in [5, 5.41) is 9.36. The van der Waals surface area contributed by atoms with Crippen LogP contribution in [-0.2, 0) is 11.3 Å². The first-order valence-electron chi connectivity index (χ1n) is 8.41. The molecule has 126 valence electrons. The molecule has 0 spiro atoms. The molecule has 1 aliphatic heterocycles. The minimum Gasteiger partial charge on any atom is -0.395 e.